The van der Waals surface area contributed by atoms with Crippen molar-refractivity contribution in [3.05, 3.63) is 34.6 Å². The summed E-state index contributed by atoms with van der Waals surface area (Å²) in [6.07, 6.45) is 0. The van der Waals surface area contributed by atoms with E-state index in [0.29, 0.717) is 5.56 Å². The van der Waals surface area contributed by atoms with Gasteiger partial charge in [0, 0.05) is 11.6 Å². The largest absolute Gasteiger partial charge is 0.345 e. The van der Waals surface area contributed by atoms with Crippen LogP contribution in [0, 0.1) is 11.2 Å². The van der Waals surface area contributed by atoms with Crippen LogP contribution in [-0.2, 0) is 16.1 Å². The Bertz CT molecular complexity index is 584. The summed E-state index contributed by atoms with van der Waals surface area (Å²) in [5.74, 6) is -0.783. The van der Waals surface area contributed by atoms with Crippen LogP contribution in [0.25, 0.3) is 0 Å². The summed E-state index contributed by atoms with van der Waals surface area (Å²) >= 11 is 6.02. The topological polar surface area (TPSA) is 49.4 Å². The van der Waals surface area contributed by atoms with Crippen molar-refractivity contribution in [1.82, 2.24) is 10.2 Å². The molecule has 2 amide bonds. The van der Waals surface area contributed by atoms with Gasteiger partial charge in [0.15, 0.2) is 0 Å². The molecular formula is C15H18ClFN2O2. The van der Waals surface area contributed by atoms with Crippen LogP contribution in [0.1, 0.15) is 26.3 Å². The smallest absolute Gasteiger partial charge is 0.243 e. The number of hydrogen-bond donors (Lipinski definition) is 1. The second kappa shape index (κ2) is 5.64. The molecule has 1 saturated heterocycles. The Balaban J connectivity index is 2.33. The highest BCUT2D eigenvalue weighted by atomic mass is 35.5. The third-order valence-corrected chi connectivity index (χ3v) is 3.82. The Kier molecular flexibility index (Phi) is 4.23. The van der Waals surface area contributed by atoms with Crippen LogP contribution >= 0.6 is 11.6 Å². The molecule has 1 aliphatic heterocycles. The van der Waals surface area contributed by atoms with Crippen molar-refractivity contribution in [2.75, 3.05) is 6.54 Å². The molecule has 1 aliphatic rings. The number of halogens is 2. The molecule has 0 saturated carbocycles. The number of amides is 2. The predicted molar refractivity (Wildman–Crippen MR) is 78.2 cm³/mol. The highest BCUT2D eigenvalue weighted by Crippen LogP contribution is 2.29. The molecule has 0 bridgehead atoms. The highest BCUT2D eigenvalue weighted by Gasteiger charge is 2.42. The van der Waals surface area contributed by atoms with Gasteiger partial charge < -0.3 is 10.2 Å². The zero-order chi connectivity index (χ0) is 15.8. The predicted octanol–water partition coefficient (Wildman–Crippen LogP) is 2.35. The van der Waals surface area contributed by atoms with E-state index < -0.39 is 17.3 Å². The second-order valence-electron chi connectivity index (χ2n) is 6.24. The first kappa shape index (κ1) is 15.8. The van der Waals surface area contributed by atoms with Crippen molar-refractivity contribution in [3.63, 3.8) is 0 Å². The van der Waals surface area contributed by atoms with Crippen molar-refractivity contribution in [3.8, 4) is 0 Å². The monoisotopic (exact) mass is 312 g/mol. The van der Waals surface area contributed by atoms with Gasteiger partial charge in [0.25, 0.3) is 0 Å². The van der Waals surface area contributed by atoms with E-state index in [1.54, 1.807) is 0 Å². The van der Waals surface area contributed by atoms with Crippen molar-refractivity contribution < 1.29 is 14.0 Å². The van der Waals surface area contributed by atoms with E-state index in [4.69, 9.17) is 11.6 Å². The van der Waals surface area contributed by atoms with E-state index >= 15 is 0 Å². The summed E-state index contributed by atoms with van der Waals surface area (Å²) in [5, 5.41) is 2.86. The van der Waals surface area contributed by atoms with E-state index in [1.807, 2.05) is 20.8 Å². The second-order valence-corrected chi connectivity index (χ2v) is 6.65. The lowest BCUT2D eigenvalue weighted by molar-refractivity contribution is -0.150. The summed E-state index contributed by atoms with van der Waals surface area (Å²) in [4.78, 5) is 25.8. The van der Waals surface area contributed by atoms with E-state index in [0.717, 1.165) is 0 Å². The van der Waals surface area contributed by atoms with E-state index in [-0.39, 0.29) is 29.9 Å². The number of carbonyl (C=O) groups excluding carboxylic acids is 2. The molecule has 0 aliphatic carbocycles. The van der Waals surface area contributed by atoms with Crippen molar-refractivity contribution >= 4 is 23.4 Å². The lowest BCUT2D eigenvalue weighted by Crippen LogP contribution is -2.62. The minimum Gasteiger partial charge on any atom is -0.345 e. The summed E-state index contributed by atoms with van der Waals surface area (Å²) < 4.78 is 13.1. The number of benzene rings is 1. The fourth-order valence-electron chi connectivity index (χ4n) is 2.52. The first-order valence-corrected chi connectivity index (χ1v) is 7.09. The van der Waals surface area contributed by atoms with Crippen LogP contribution < -0.4 is 5.32 Å². The van der Waals surface area contributed by atoms with Gasteiger partial charge in [0.2, 0.25) is 11.8 Å². The number of nitrogens with zero attached hydrogens (tertiary/aromatic N) is 1. The molecule has 6 heteroatoms. The number of nitrogens with one attached hydrogen (secondary N) is 1. The van der Waals surface area contributed by atoms with Crippen LogP contribution in [0.3, 0.4) is 0 Å². The van der Waals surface area contributed by atoms with Crippen molar-refractivity contribution in [2.24, 2.45) is 5.41 Å². The molecule has 114 valence electrons. The Morgan fingerprint density at radius 1 is 1.38 bits per heavy atom. The third-order valence-electron chi connectivity index (χ3n) is 3.47. The van der Waals surface area contributed by atoms with E-state index in [9.17, 15) is 14.0 Å². The zero-order valence-corrected chi connectivity index (χ0v) is 13.0. The van der Waals surface area contributed by atoms with Gasteiger partial charge in [-0.15, -0.1) is 0 Å². The van der Waals surface area contributed by atoms with Gasteiger partial charge in [-0.25, -0.2) is 4.39 Å². The standard InChI is InChI=1S/C15H18ClFN2O2/c1-15(2,3)13-14(21)18-7-12(20)19(13)8-9-4-5-10(17)6-11(9)16/h4-6,13H,7-8H2,1-3H3,(H,18,21). The molecule has 0 aromatic heterocycles. The van der Waals surface area contributed by atoms with Gasteiger partial charge in [-0.1, -0.05) is 38.4 Å². The van der Waals surface area contributed by atoms with Gasteiger partial charge in [0.1, 0.15) is 11.9 Å². The SMILES string of the molecule is CC(C)(C)C1C(=O)NCC(=O)N1Cc1ccc(F)cc1Cl. The minimum absolute atomic E-state index is 0.0236. The fourth-order valence-corrected chi connectivity index (χ4v) is 2.75. The summed E-state index contributed by atoms with van der Waals surface area (Å²) in [6, 6.07) is 3.45. The van der Waals surface area contributed by atoms with Gasteiger partial charge in [0.05, 0.1) is 6.54 Å². The molecule has 0 spiro atoms. The first-order valence-electron chi connectivity index (χ1n) is 6.71. The van der Waals surface area contributed by atoms with Crippen molar-refractivity contribution in [1.29, 1.82) is 0 Å². The number of rotatable bonds is 2. The third kappa shape index (κ3) is 3.35. The molecule has 1 fully saturated rings. The first-order chi connectivity index (χ1) is 9.70. The molecule has 1 unspecified atom stereocenters. The average molecular weight is 313 g/mol. The maximum atomic E-state index is 13.1. The molecule has 1 N–H and O–H groups in total. The summed E-state index contributed by atoms with van der Waals surface area (Å²) in [7, 11) is 0. The molecule has 4 nitrogen and oxygen atoms in total. The van der Waals surface area contributed by atoms with Crippen LogP contribution in [0.2, 0.25) is 5.02 Å². The molecule has 21 heavy (non-hydrogen) atoms. The lowest BCUT2D eigenvalue weighted by atomic mass is 9.83. The number of hydrogen-bond acceptors (Lipinski definition) is 2. The zero-order valence-electron chi connectivity index (χ0n) is 12.2. The molecule has 2 rings (SSSR count). The quantitative estimate of drug-likeness (QED) is 0.911. The van der Waals surface area contributed by atoms with Crippen LogP contribution in [0.15, 0.2) is 18.2 Å². The maximum Gasteiger partial charge on any atom is 0.243 e. The molecule has 1 aromatic rings. The van der Waals surface area contributed by atoms with Crippen molar-refractivity contribution in [2.45, 2.75) is 33.4 Å². The Labute approximate surface area is 128 Å². The number of carbonyl (C=O) groups is 2. The Hall–Kier alpha value is -1.62. The Morgan fingerprint density at radius 2 is 2.05 bits per heavy atom. The van der Waals surface area contributed by atoms with Gasteiger partial charge in [-0.05, 0) is 23.1 Å². The van der Waals surface area contributed by atoms with Gasteiger partial charge in [-0.2, -0.15) is 0 Å². The van der Waals surface area contributed by atoms with Gasteiger partial charge in [-0.3, -0.25) is 9.59 Å². The maximum absolute atomic E-state index is 13.1. The lowest BCUT2D eigenvalue weighted by Gasteiger charge is -2.42. The molecule has 1 atom stereocenters. The van der Waals surface area contributed by atoms with Crippen LogP contribution in [-0.4, -0.2) is 29.3 Å². The minimum atomic E-state index is -0.583. The van der Waals surface area contributed by atoms with E-state index in [2.05, 4.69) is 5.32 Å². The van der Waals surface area contributed by atoms with Crippen LogP contribution in [0.5, 0.6) is 0 Å². The summed E-state index contributed by atoms with van der Waals surface area (Å²) in [5.41, 5.74) is 0.211. The van der Waals surface area contributed by atoms with Crippen LogP contribution in [0.4, 0.5) is 4.39 Å². The van der Waals surface area contributed by atoms with Gasteiger partial charge >= 0.3 is 0 Å². The molecule has 0 radical (unpaired) electrons. The highest BCUT2D eigenvalue weighted by molar-refractivity contribution is 6.31. The van der Waals surface area contributed by atoms with E-state index in [1.165, 1.54) is 23.1 Å². The number of piperazine rings is 1. The summed E-state index contributed by atoms with van der Waals surface area (Å²) in [6.45, 7) is 5.86. The molecule has 1 heterocycles. The molecular weight excluding hydrogens is 295 g/mol. The fraction of sp³-hybridized carbons (Fsp3) is 0.467. The molecule has 1 aromatic carbocycles. The average Bonchev–Trinajstić information content (AvgIpc) is 2.35. The Morgan fingerprint density at radius 3 is 2.62 bits per heavy atom. The normalized spacial score (nSPS) is 19.7.